The maximum absolute atomic E-state index is 12.3. The zero-order valence-electron chi connectivity index (χ0n) is 9.99. The smallest absolute Gasteiger partial charge is 0.232 e. The lowest BCUT2D eigenvalue weighted by atomic mass is 9.79. The van der Waals surface area contributed by atoms with Crippen LogP contribution in [0, 0.1) is 5.41 Å². The molecule has 5 nitrogen and oxygen atoms in total. The number of anilines is 1. The maximum atomic E-state index is 12.3. The highest BCUT2D eigenvalue weighted by Crippen LogP contribution is 2.31. The molecule has 0 aromatic carbocycles. The van der Waals surface area contributed by atoms with Crippen LogP contribution in [-0.4, -0.2) is 30.6 Å². The van der Waals surface area contributed by atoms with Gasteiger partial charge in [0.05, 0.1) is 5.41 Å². The number of nitrogens with one attached hydrogen (secondary N) is 1. The number of pyridine rings is 1. The molecule has 0 radical (unpaired) electrons. The van der Waals surface area contributed by atoms with E-state index in [0.29, 0.717) is 43.4 Å². The van der Waals surface area contributed by atoms with Gasteiger partial charge in [-0.05, 0) is 25.0 Å². The largest absolute Gasteiger partial charge is 0.381 e. The SMILES string of the molecule is NCC1(C(=O)Nc2ccnc(Cl)c2)CCOCC1. The predicted octanol–water partition coefficient (Wildman–Crippen LogP) is 1.43. The van der Waals surface area contributed by atoms with Crippen LogP contribution in [0.2, 0.25) is 5.15 Å². The summed E-state index contributed by atoms with van der Waals surface area (Å²) in [7, 11) is 0. The van der Waals surface area contributed by atoms with E-state index in [9.17, 15) is 4.79 Å². The first-order valence-corrected chi connectivity index (χ1v) is 6.25. The minimum Gasteiger partial charge on any atom is -0.381 e. The van der Waals surface area contributed by atoms with Crippen molar-refractivity contribution in [3.8, 4) is 0 Å². The molecule has 98 valence electrons. The van der Waals surface area contributed by atoms with Gasteiger partial charge in [0, 0.05) is 31.6 Å². The molecule has 1 amide bonds. The molecular formula is C12H16ClN3O2. The molecule has 1 aliphatic rings. The summed E-state index contributed by atoms with van der Waals surface area (Å²) in [6.45, 7) is 1.46. The van der Waals surface area contributed by atoms with Crippen molar-refractivity contribution in [1.29, 1.82) is 0 Å². The fourth-order valence-electron chi connectivity index (χ4n) is 2.03. The first-order valence-electron chi connectivity index (χ1n) is 5.87. The third-order valence-electron chi connectivity index (χ3n) is 3.31. The standard InChI is InChI=1S/C12H16ClN3O2/c13-10-7-9(1-4-15-10)16-11(17)12(8-14)2-5-18-6-3-12/h1,4,7H,2-3,5-6,8,14H2,(H,15,16,17). The molecule has 0 saturated carbocycles. The summed E-state index contributed by atoms with van der Waals surface area (Å²) in [5, 5.41) is 3.19. The van der Waals surface area contributed by atoms with Crippen LogP contribution in [0.3, 0.4) is 0 Å². The molecule has 1 saturated heterocycles. The van der Waals surface area contributed by atoms with E-state index in [1.807, 2.05) is 0 Å². The van der Waals surface area contributed by atoms with Crippen LogP contribution in [0.25, 0.3) is 0 Å². The molecule has 0 aliphatic carbocycles. The Labute approximate surface area is 111 Å². The Morgan fingerprint density at radius 1 is 1.56 bits per heavy atom. The number of rotatable bonds is 3. The van der Waals surface area contributed by atoms with Crippen LogP contribution in [0.5, 0.6) is 0 Å². The van der Waals surface area contributed by atoms with Crippen molar-refractivity contribution in [3.05, 3.63) is 23.5 Å². The Morgan fingerprint density at radius 3 is 2.89 bits per heavy atom. The zero-order valence-corrected chi connectivity index (χ0v) is 10.7. The summed E-state index contributed by atoms with van der Waals surface area (Å²) in [6.07, 6.45) is 2.85. The number of hydrogen-bond donors (Lipinski definition) is 2. The van der Waals surface area contributed by atoms with Crippen molar-refractivity contribution in [3.63, 3.8) is 0 Å². The molecular weight excluding hydrogens is 254 g/mol. The van der Waals surface area contributed by atoms with Crippen molar-refractivity contribution < 1.29 is 9.53 Å². The summed E-state index contributed by atoms with van der Waals surface area (Å²) < 4.78 is 5.28. The maximum Gasteiger partial charge on any atom is 0.232 e. The minimum absolute atomic E-state index is 0.0735. The lowest BCUT2D eigenvalue weighted by Gasteiger charge is -2.34. The lowest BCUT2D eigenvalue weighted by Crippen LogP contribution is -2.46. The molecule has 1 aliphatic heterocycles. The second kappa shape index (κ2) is 5.65. The van der Waals surface area contributed by atoms with Gasteiger partial charge in [-0.25, -0.2) is 4.98 Å². The van der Waals surface area contributed by atoms with Crippen LogP contribution in [-0.2, 0) is 9.53 Å². The van der Waals surface area contributed by atoms with Crippen LogP contribution in [0.4, 0.5) is 5.69 Å². The summed E-state index contributed by atoms with van der Waals surface area (Å²) in [5.74, 6) is -0.0735. The summed E-state index contributed by atoms with van der Waals surface area (Å²) in [4.78, 5) is 16.2. The molecule has 2 heterocycles. The molecule has 0 unspecified atom stereocenters. The number of nitrogens with two attached hydrogens (primary N) is 1. The second-order valence-electron chi connectivity index (χ2n) is 4.42. The minimum atomic E-state index is -0.534. The Kier molecular flexibility index (Phi) is 4.16. The van der Waals surface area contributed by atoms with E-state index in [4.69, 9.17) is 22.1 Å². The molecule has 1 fully saturated rings. The van der Waals surface area contributed by atoms with Gasteiger partial charge in [0.2, 0.25) is 5.91 Å². The topological polar surface area (TPSA) is 77.2 Å². The van der Waals surface area contributed by atoms with Crippen molar-refractivity contribution in [1.82, 2.24) is 4.98 Å². The number of ether oxygens (including phenoxy) is 1. The molecule has 1 aromatic rings. The number of carbonyl (C=O) groups excluding carboxylic acids is 1. The van der Waals surface area contributed by atoms with Crippen molar-refractivity contribution >= 4 is 23.2 Å². The summed E-state index contributed by atoms with van der Waals surface area (Å²) in [6, 6.07) is 3.32. The average molecular weight is 270 g/mol. The van der Waals surface area contributed by atoms with Crippen molar-refractivity contribution in [2.24, 2.45) is 11.1 Å². The average Bonchev–Trinajstić information content (AvgIpc) is 2.39. The number of aromatic nitrogens is 1. The normalized spacial score (nSPS) is 18.3. The third kappa shape index (κ3) is 2.80. The summed E-state index contributed by atoms with van der Waals surface area (Å²) >= 11 is 5.78. The van der Waals surface area contributed by atoms with E-state index in [-0.39, 0.29) is 5.91 Å². The number of amides is 1. The summed E-state index contributed by atoms with van der Waals surface area (Å²) in [5.41, 5.74) is 5.87. The fourth-order valence-corrected chi connectivity index (χ4v) is 2.20. The van der Waals surface area contributed by atoms with Crippen molar-refractivity contribution in [2.45, 2.75) is 12.8 Å². The molecule has 0 atom stereocenters. The van der Waals surface area contributed by atoms with E-state index in [1.54, 1.807) is 18.3 Å². The van der Waals surface area contributed by atoms with Gasteiger partial charge < -0.3 is 15.8 Å². The van der Waals surface area contributed by atoms with Gasteiger partial charge in [0.1, 0.15) is 5.15 Å². The zero-order chi connectivity index (χ0) is 13.0. The Balaban J connectivity index is 2.10. The number of nitrogens with zero attached hydrogens (tertiary/aromatic N) is 1. The van der Waals surface area contributed by atoms with Gasteiger partial charge in [-0.15, -0.1) is 0 Å². The molecule has 18 heavy (non-hydrogen) atoms. The second-order valence-corrected chi connectivity index (χ2v) is 4.81. The Hall–Kier alpha value is -1.17. The number of carbonyl (C=O) groups is 1. The Morgan fingerprint density at radius 2 is 2.28 bits per heavy atom. The van der Waals surface area contributed by atoms with E-state index < -0.39 is 5.41 Å². The lowest BCUT2D eigenvalue weighted by molar-refractivity contribution is -0.130. The highest BCUT2D eigenvalue weighted by Gasteiger charge is 2.38. The van der Waals surface area contributed by atoms with Gasteiger partial charge in [-0.2, -0.15) is 0 Å². The molecule has 1 aromatic heterocycles. The van der Waals surface area contributed by atoms with Gasteiger partial charge >= 0.3 is 0 Å². The molecule has 3 N–H and O–H groups in total. The molecule has 0 bridgehead atoms. The molecule has 0 spiro atoms. The van der Waals surface area contributed by atoms with Gasteiger partial charge in [0.25, 0.3) is 0 Å². The predicted molar refractivity (Wildman–Crippen MR) is 69.4 cm³/mol. The first kappa shape index (κ1) is 13.3. The fraction of sp³-hybridized carbons (Fsp3) is 0.500. The third-order valence-corrected chi connectivity index (χ3v) is 3.51. The molecule has 6 heteroatoms. The first-order chi connectivity index (χ1) is 8.66. The highest BCUT2D eigenvalue weighted by atomic mass is 35.5. The quantitative estimate of drug-likeness (QED) is 0.814. The Bertz CT molecular complexity index is 433. The molecule has 2 rings (SSSR count). The van der Waals surface area contributed by atoms with Gasteiger partial charge in [0.15, 0.2) is 0 Å². The highest BCUT2D eigenvalue weighted by molar-refractivity contribution is 6.29. The van der Waals surface area contributed by atoms with Crippen LogP contribution in [0.1, 0.15) is 12.8 Å². The monoisotopic (exact) mass is 269 g/mol. The van der Waals surface area contributed by atoms with E-state index in [0.717, 1.165) is 0 Å². The van der Waals surface area contributed by atoms with E-state index >= 15 is 0 Å². The van der Waals surface area contributed by atoms with Crippen LogP contribution in [0.15, 0.2) is 18.3 Å². The number of hydrogen-bond acceptors (Lipinski definition) is 4. The van der Waals surface area contributed by atoms with Gasteiger partial charge in [-0.1, -0.05) is 11.6 Å². The van der Waals surface area contributed by atoms with Gasteiger partial charge in [-0.3, -0.25) is 4.79 Å². The number of halogens is 1. The van der Waals surface area contributed by atoms with Crippen LogP contribution >= 0.6 is 11.6 Å². The van der Waals surface area contributed by atoms with Crippen LogP contribution < -0.4 is 11.1 Å². The van der Waals surface area contributed by atoms with E-state index in [2.05, 4.69) is 10.3 Å². The van der Waals surface area contributed by atoms with E-state index in [1.165, 1.54) is 0 Å². The van der Waals surface area contributed by atoms with Crippen molar-refractivity contribution in [2.75, 3.05) is 25.1 Å².